The fourth-order valence-corrected chi connectivity index (χ4v) is 0.890. The first-order chi connectivity index (χ1) is 5.86. The molecule has 0 aliphatic rings. The summed E-state index contributed by atoms with van der Waals surface area (Å²) in [4.78, 5) is 3.65. The van der Waals surface area contributed by atoms with Crippen LogP contribution < -0.4 is 0 Å². The van der Waals surface area contributed by atoms with Crippen LogP contribution in [0.4, 0.5) is 4.39 Å². The first-order valence-corrected chi connectivity index (χ1v) is 3.40. The van der Waals surface area contributed by atoms with Gasteiger partial charge in [-0.25, -0.2) is 14.1 Å². The van der Waals surface area contributed by atoms with Gasteiger partial charge in [0.25, 0.3) is 0 Å². The number of aromatic nitrogens is 3. The van der Waals surface area contributed by atoms with Crippen molar-refractivity contribution in [2.24, 2.45) is 0 Å². The van der Waals surface area contributed by atoms with E-state index < -0.39 is 0 Å². The first kappa shape index (κ1) is 6.97. The Morgan fingerprint density at radius 2 is 2.00 bits per heavy atom. The number of nitrogens with zero attached hydrogens (tertiary/aromatic N) is 3. The maximum atomic E-state index is 12.5. The molecular weight excluding hydrogens is 157 g/mol. The predicted octanol–water partition coefficient (Wildman–Crippen LogP) is 1.21. The average molecular weight is 162 g/mol. The summed E-state index contributed by atoms with van der Waals surface area (Å²) >= 11 is 0. The van der Waals surface area contributed by atoms with Gasteiger partial charge in [0.15, 0.2) is 0 Å². The summed E-state index contributed by atoms with van der Waals surface area (Å²) in [5.41, 5.74) is 0.744. The van der Waals surface area contributed by atoms with E-state index in [0.717, 1.165) is 5.69 Å². The van der Waals surface area contributed by atoms with E-state index in [9.17, 15) is 4.39 Å². The maximum absolute atomic E-state index is 12.5. The van der Waals surface area contributed by atoms with Crippen molar-refractivity contribution in [3.05, 3.63) is 42.7 Å². The van der Waals surface area contributed by atoms with E-state index in [-0.39, 0.29) is 5.82 Å². The van der Waals surface area contributed by atoms with E-state index in [1.54, 1.807) is 12.1 Å². The third-order valence-electron chi connectivity index (χ3n) is 1.45. The van der Waals surface area contributed by atoms with Crippen LogP contribution in [-0.2, 0) is 0 Å². The lowest BCUT2D eigenvalue weighted by Crippen LogP contribution is -1.93. The van der Waals surface area contributed by atoms with Gasteiger partial charge in [-0.2, -0.15) is 5.10 Å². The Morgan fingerprint density at radius 1 is 1.25 bits per heavy atom. The van der Waals surface area contributed by atoms with Crippen molar-refractivity contribution in [2.75, 3.05) is 0 Å². The number of hydrogen-bond acceptors (Lipinski definition) is 2. The number of hydrogen-bond donors (Lipinski definition) is 0. The Labute approximate surface area is 68.5 Å². The molecule has 2 rings (SSSR count). The molecule has 0 saturated heterocycles. The summed E-state index contributed by atoms with van der Waals surface area (Å²) in [7, 11) is 0. The standard InChI is InChI=1S/C8H5FN3/c9-7-1-3-8(4-2-7)12-6-10-5-11-12/h1-5H. The molecule has 0 aliphatic carbocycles. The van der Waals surface area contributed by atoms with Gasteiger partial charge >= 0.3 is 0 Å². The van der Waals surface area contributed by atoms with Crippen molar-refractivity contribution in [1.29, 1.82) is 0 Å². The highest BCUT2D eigenvalue weighted by atomic mass is 19.1. The topological polar surface area (TPSA) is 30.7 Å². The summed E-state index contributed by atoms with van der Waals surface area (Å²) in [5.74, 6) is -0.265. The Kier molecular flexibility index (Phi) is 1.59. The normalized spacial score (nSPS) is 10.1. The van der Waals surface area contributed by atoms with E-state index in [0.29, 0.717) is 0 Å². The molecule has 2 aromatic rings. The molecule has 4 heteroatoms. The molecule has 0 aliphatic heterocycles. The second kappa shape index (κ2) is 2.73. The lowest BCUT2D eigenvalue weighted by Gasteiger charge is -1.97. The van der Waals surface area contributed by atoms with Crippen LogP contribution in [0.3, 0.4) is 0 Å². The molecule has 12 heavy (non-hydrogen) atoms. The van der Waals surface area contributed by atoms with Gasteiger partial charge in [-0.05, 0) is 24.3 Å². The van der Waals surface area contributed by atoms with Gasteiger partial charge in [0, 0.05) is 0 Å². The third kappa shape index (κ3) is 1.18. The highest BCUT2D eigenvalue weighted by molar-refractivity contribution is 5.29. The monoisotopic (exact) mass is 162 g/mol. The molecule has 59 valence electrons. The van der Waals surface area contributed by atoms with Gasteiger partial charge in [-0.3, -0.25) is 0 Å². The van der Waals surface area contributed by atoms with Gasteiger partial charge in [0.2, 0.25) is 6.33 Å². The molecule has 0 spiro atoms. The molecule has 1 radical (unpaired) electrons. The van der Waals surface area contributed by atoms with Gasteiger partial charge in [0.1, 0.15) is 12.1 Å². The molecule has 1 heterocycles. The SMILES string of the molecule is Fc1ccc(-n2[c]ncn2)cc1. The molecule has 3 nitrogen and oxygen atoms in total. The molecule has 0 fully saturated rings. The quantitative estimate of drug-likeness (QED) is 0.630. The van der Waals surface area contributed by atoms with Crippen molar-refractivity contribution in [3.63, 3.8) is 0 Å². The molecule has 0 unspecified atom stereocenters. The van der Waals surface area contributed by atoms with E-state index in [4.69, 9.17) is 0 Å². The highest BCUT2D eigenvalue weighted by Crippen LogP contribution is 2.05. The zero-order valence-corrected chi connectivity index (χ0v) is 6.11. The average Bonchev–Trinajstić information content (AvgIpc) is 2.58. The minimum Gasteiger partial charge on any atom is -0.212 e. The van der Waals surface area contributed by atoms with Crippen LogP contribution in [0, 0.1) is 12.1 Å². The molecule has 1 aromatic heterocycles. The molecule has 0 amide bonds. The van der Waals surface area contributed by atoms with Crippen LogP contribution in [0.15, 0.2) is 30.6 Å². The summed E-state index contributed by atoms with van der Waals surface area (Å²) in [6.07, 6.45) is 3.98. The maximum Gasteiger partial charge on any atom is 0.201 e. The molecule has 1 aromatic carbocycles. The van der Waals surface area contributed by atoms with E-state index >= 15 is 0 Å². The Bertz CT molecular complexity index is 352. The molecule has 0 atom stereocenters. The smallest absolute Gasteiger partial charge is 0.201 e. The summed E-state index contributed by atoms with van der Waals surface area (Å²) in [5, 5.41) is 3.84. The lowest BCUT2D eigenvalue weighted by atomic mass is 10.3. The van der Waals surface area contributed by atoms with Crippen LogP contribution in [0.25, 0.3) is 5.69 Å². The van der Waals surface area contributed by atoms with Crippen molar-refractivity contribution < 1.29 is 4.39 Å². The number of benzene rings is 1. The summed E-state index contributed by atoms with van der Waals surface area (Å²) < 4.78 is 13.9. The van der Waals surface area contributed by atoms with Gasteiger partial charge in [-0.15, -0.1) is 0 Å². The van der Waals surface area contributed by atoms with E-state index in [1.165, 1.54) is 23.1 Å². The van der Waals surface area contributed by atoms with Crippen molar-refractivity contribution >= 4 is 0 Å². The van der Waals surface area contributed by atoms with Crippen LogP contribution in [0.2, 0.25) is 0 Å². The van der Waals surface area contributed by atoms with Crippen LogP contribution in [0.5, 0.6) is 0 Å². The molecular formula is C8H5FN3. The summed E-state index contributed by atoms with van der Waals surface area (Å²) in [6, 6.07) is 5.96. The fourth-order valence-electron chi connectivity index (χ4n) is 0.890. The lowest BCUT2D eigenvalue weighted by molar-refractivity contribution is 0.627. The summed E-state index contributed by atoms with van der Waals surface area (Å²) in [6.45, 7) is 0. The third-order valence-corrected chi connectivity index (χ3v) is 1.45. The van der Waals surface area contributed by atoms with E-state index in [1.807, 2.05) is 0 Å². The second-order valence-corrected chi connectivity index (χ2v) is 2.25. The van der Waals surface area contributed by atoms with Crippen molar-refractivity contribution in [1.82, 2.24) is 14.8 Å². The van der Waals surface area contributed by atoms with E-state index in [2.05, 4.69) is 16.4 Å². The van der Waals surface area contributed by atoms with Gasteiger partial charge < -0.3 is 0 Å². The van der Waals surface area contributed by atoms with Crippen molar-refractivity contribution in [2.45, 2.75) is 0 Å². The van der Waals surface area contributed by atoms with Gasteiger partial charge in [-0.1, -0.05) is 0 Å². The van der Waals surface area contributed by atoms with Crippen LogP contribution in [0.1, 0.15) is 0 Å². The molecule has 0 saturated carbocycles. The second-order valence-electron chi connectivity index (χ2n) is 2.25. The Balaban J connectivity index is 2.43. The highest BCUT2D eigenvalue weighted by Gasteiger charge is 1.96. The van der Waals surface area contributed by atoms with Crippen LogP contribution in [-0.4, -0.2) is 14.8 Å². The minimum absolute atomic E-state index is 0.265. The molecule has 0 bridgehead atoms. The fraction of sp³-hybridized carbons (Fsp3) is 0. The van der Waals surface area contributed by atoms with Crippen molar-refractivity contribution in [3.8, 4) is 5.69 Å². The van der Waals surface area contributed by atoms with Gasteiger partial charge in [0.05, 0.1) is 5.69 Å². The minimum atomic E-state index is -0.265. The number of rotatable bonds is 1. The molecule has 0 N–H and O–H groups in total. The largest absolute Gasteiger partial charge is 0.212 e. The Morgan fingerprint density at radius 3 is 2.58 bits per heavy atom. The zero-order chi connectivity index (χ0) is 8.39. The Hall–Kier alpha value is -1.71. The zero-order valence-electron chi connectivity index (χ0n) is 6.11. The predicted molar refractivity (Wildman–Crippen MR) is 40.2 cm³/mol. The first-order valence-electron chi connectivity index (χ1n) is 3.40. The van der Waals surface area contributed by atoms with Crippen LogP contribution >= 0.6 is 0 Å². The number of halogens is 1.